The van der Waals surface area contributed by atoms with Crippen LogP contribution in [0.3, 0.4) is 0 Å². The fourth-order valence-corrected chi connectivity index (χ4v) is 4.38. The quantitative estimate of drug-likeness (QED) is 0.487. The van der Waals surface area contributed by atoms with Gasteiger partial charge in [-0.15, -0.1) is 0 Å². The molecule has 2 aliphatic rings. The largest absolute Gasteiger partial charge is 0.384 e. The van der Waals surface area contributed by atoms with Crippen LogP contribution < -0.4 is 16.0 Å². The van der Waals surface area contributed by atoms with Gasteiger partial charge in [0.2, 0.25) is 5.95 Å². The van der Waals surface area contributed by atoms with E-state index in [9.17, 15) is 0 Å². The molecule has 1 saturated heterocycles. The maximum atomic E-state index is 5.97. The Morgan fingerprint density at radius 3 is 2.55 bits per heavy atom. The molecule has 0 amide bonds. The predicted octanol–water partition coefficient (Wildman–Crippen LogP) is 3.17. The van der Waals surface area contributed by atoms with E-state index in [4.69, 9.17) is 10.7 Å². The first kappa shape index (κ1) is 19.9. The van der Waals surface area contributed by atoms with E-state index in [1.165, 1.54) is 18.5 Å². The molecule has 0 radical (unpaired) electrons. The Balaban J connectivity index is 1.29. The molecular weight excluding hydrogens is 414 g/mol. The smallest absolute Gasteiger partial charge is 0.230 e. The summed E-state index contributed by atoms with van der Waals surface area (Å²) < 4.78 is 2.11. The van der Waals surface area contributed by atoms with Crippen molar-refractivity contribution in [2.45, 2.75) is 18.8 Å². The van der Waals surface area contributed by atoms with Crippen LogP contribution in [0.5, 0.6) is 0 Å². The van der Waals surface area contributed by atoms with Gasteiger partial charge in [-0.05, 0) is 56.1 Å². The Labute approximate surface area is 192 Å². The summed E-state index contributed by atoms with van der Waals surface area (Å²) in [6.45, 7) is 4.17. The van der Waals surface area contributed by atoms with Gasteiger partial charge in [-0.1, -0.05) is 6.07 Å². The molecule has 5 heterocycles. The molecular formula is C24H27N9. The van der Waals surface area contributed by atoms with Gasteiger partial charge in [0.25, 0.3) is 0 Å². The van der Waals surface area contributed by atoms with Crippen LogP contribution in [0.25, 0.3) is 16.9 Å². The zero-order chi connectivity index (χ0) is 22.4. The van der Waals surface area contributed by atoms with Crippen molar-refractivity contribution in [1.82, 2.24) is 29.4 Å². The molecule has 0 atom stereocenters. The molecule has 0 spiro atoms. The first-order valence-electron chi connectivity index (χ1n) is 11.4. The van der Waals surface area contributed by atoms with E-state index < -0.39 is 0 Å². The fourth-order valence-electron chi connectivity index (χ4n) is 4.38. The normalized spacial score (nSPS) is 16.9. The van der Waals surface area contributed by atoms with Crippen LogP contribution in [-0.4, -0.2) is 62.6 Å². The van der Waals surface area contributed by atoms with Crippen molar-refractivity contribution >= 4 is 34.3 Å². The van der Waals surface area contributed by atoms with Crippen molar-refractivity contribution in [3.8, 4) is 5.82 Å². The standard InChI is InChI=1S/C24H27N9/c1-31-9-11-32(12-10-31)18-7-8-21(26-15-18)29-24-27-14-17-13-19(16-5-6-16)33(23(17)30-24)22-4-2-3-20(25)28-22/h2-4,7-8,13-16H,5-6,9-12H2,1H3,(H2,25,28)(H,26,27,29,30). The Bertz CT molecular complexity index is 1290. The number of aromatic nitrogens is 5. The van der Waals surface area contributed by atoms with E-state index >= 15 is 0 Å². The van der Waals surface area contributed by atoms with E-state index in [2.05, 4.69) is 53.8 Å². The van der Waals surface area contributed by atoms with Crippen LogP contribution in [0.15, 0.2) is 48.8 Å². The number of nitrogen functional groups attached to an aromatic ring is 1. The summed E-state index contributed by atoms with van der Waals surface area (Å²) in [5.74, 6) is 3.03. The third-order valence-electron chi connectivity index (χ3n) is 6.41. The van der Waals surface area contributed by atoms with Crippen molar-refractivity contribution in [3.05, 3.63) is 54.5 Å². The van der Waals surface area contributed by atoms with Gasteiger partial charge in [0, 0.05) is 43.5 Å². The van der Waals surface area contributed by atoms with E-state index in [1.807, 2.05) is 30.6 Å². The second-order valence-electron chi connectivity index (χ2n) is 8.89. The maximum Gasteiger partial charge on any atom is 0.230 e. The predicted molar refractivity (Wildman–Crippen MR) is 130 cm³/mol. The monoisotopic (exact) mass is 441 g/mol. The maximum absolute atomic E-state index is 5.97. The number of hydrogen-bond donors (Lipinski definition) is 2. The molecule has 3 N–H and O–H groups in total. The van der Waals surface area contributed by atoms with E-state index in [0.717, 1.165) is 54.5 Å². The molecule has 1 saturated carbocycles. The van der Waals surface area contributed by atoms with Crippen molar-refractivity contribution in [1.29, 1.82) is 0 Å². The third kappa shape index (κ3) is 3.95. The highest BCUT2D eigenvalue weighted by atomic mass is 15.3. The summed E-state index contributed by atoms with van der Waals surface area (Å²) >= 11 is 0. The van der Waals surface area contributed by atoms with Gasteiger partial charge in [0.15, 0.2) is 5.65 Å². The zero-order valence-corrected chi connectivity index (χ0v) is 18.6. The van der Waals surface area contributed by atoms with Gasteiger partial charge >= 0.3 is 0 Å². The molecule has 33 heavy (non-hydrogen) atoms. The van der Waals surface area contributed by atoms with Crippen LogP contribution >= 0.6 is 0 Å². The Morgan fingerprint density at radius 1 is 0.970 bits per heavy atom. The number of likely N-dealkylation sites (N-methyl/N-ethyl adjacent to an activating group) is 1. The van der Waals surface area contributed by atoms with E-state index in [-0.39, 0.29) is 0 Å². The van der Waals surface area contributed by atoms with Gasteiger partial charge < -0.3 is 20.9 Å². The fraction of sp³-hybridized carbons (Fsp3) is 0.333. The number of pyridine rings is 2. The summed E-state index contributed by atoms with van der Waals surface area (Å²) in [5.41, 5.74) is 9.14. The highest BCUT2D eigenvalue weighted by Gasteiger charge is 2.29. The minimum atomic E-state index is 0.494. The Hall–Kier alpha value is -3.72. The van der Waals surface area contributed by atoms with Gasteiger partial charge in [0.05, 0.1) is 11.9 Å². The third-order valence-corrected chi connectivity index (χ3v) is 6.41. The molecule has 4 aromatic heterocycles. The number of nitrogens with two attached hydrogens (primary N) is 1. The van der Waals surface area contributed by atoms with Gasteiger partial charge in [-0.25, -0.2) is 15.0 Å². The summed E-state index contributed by atoms with van der Waals surface area (Å²) in [7, 11) is 2.16. The first-order valence-corrected chi connectivity index (χ1v) is 11.4. The van der Waals surface area contributed by atoms with Crippen molar-refractivity contribution in [2.75, 3.05) is 49.2 Å². The molecule has 0 unspecified atom stereocenters. The van der Waals surface area contributed by atoms with Crippen molar-refractivity contribution in [3.63, 3.8) is 0 Å². The lowest BCUT2D eigenvalue weighted by Crippen LogP contribution is -2.44. The number of fused-ring (bicyclic) bond motifs is 1. The minimum Gasteiger partial charge on any atom is -0.384 e. The highest BCUT2D eigenvalue weighted by Crippen LogP contribution is 2.43. The SMILES string of the molecule is CN1CCN(c2ccc(Nc3ncc4cc(C5CC5)n(-c5cccc(N)n5)c4n3)nc2)CC1. The van der Waals surface area contributed by atoms with Gasteiger partial charge in [-0.2, -0.15) is 4.98 Å². The lowest BCUT2D eigenvalue weighted by Gasteiger charge is -2.33. The van der Waals surface area contributed by atoms with E-state index in [1.54, 1.807) is 6.07 Å². The lowest BCUT2D eigenvalue weighted by molar-refractivity contribution is 0.313. The number of anilines is 4. The van der Waals surface area contributed by atoms with Crippen molar-refractivity contribution < 1.29 is 0 Å². The molecule has 9 nitrogen and oxygen atoms in total. The number of piperazine rings is 1. The number of nitrogens with one attached hydrogen (secondary N) is 1. The summed E-state index contributed by atoms with van der Waals surface area (Å²) in [6.07, 6.45) is 6.14. The average molecular weight is 442 g/mol. The Kier molecular flexibility index (Phi) is 4.83. The topological polar surface area (TPSA) is 101 Å². The average Bonchev–Trinajstić information content (AvgIpc) is 3.60. The minimum absolute atomic E-state index is 0.494. The molecule has 6 rings (SSSR count). The summed E-state index contributed by atoms with van der Waals surface area (Å²) in [6, 6.07) is 11.9. The second kappa shape index (κ2) is 8.00. The second-order valence-corrected chi connectivity index (χ2v) is 8.89. The van der Waals surface area contributed by atoms with Gasteiger partial charge in [-0.3, -0.25) is 4.57 Å². The lowest BCUT2D eigenvalue weighted by atomic mass is 10.3. The summed E-state index contributed by atoms with van der Waals surface area (Å²) in [5, 5.41) is 4.25. The highest BCUT2D eigenvalue weighted by molar-refractivity contribution is 5.80. The van der Waals surface area contributed by atoms with Gasteiger partial charge in [0.1, 0.15) is 17.5 Å². The molecule has 168 valence electrons. The van der Waals surface area contributed by atoms with Crippen LogP contribution in [0.4, 0.5) is 23.3 Å². The summed E-state index contributed by atoms with van der Waals surface area (Å²) in [4.78, 5) is 23.2. The van der Waals surface area contributed by atoms with E-state index in [0.29, 0.717) is 17.7 Å². The molecule has 1 aliphatic carbocycles. The molecule has 2 fully saturated rings. The molecule has 1 aliphatic heterocycles. The van der Waals surface area contributed by atoms with Crippen LogP contribution in [0.2, 0.25) is 0 Å². The van der Waals surface area contributed by atoms with Crippen LogP contribution in [0, 0.1) is 0 Å². The number of nitrogens with zero attached hydrogens (tertiary/aromatic N) is 7. The number of rotatable bonds is 5. The molecule has 4 aromatic rings. The Morgan fingerprint density at radius 2 is 1.82 bits per heavy atom. The number of hydrogen-bond acceptors (Lipinski definition) is 8. The molecule has 0 aromatic carbocycles. The van der Waals surface area contributed by atoms with Crippen LogP contribution in [0.1, 0.15) is 24.5 Å². The molecule has 9 heteroatoms. The zero-order valence-electron chi connectivity index (χ0n) is 18.6. The molecule has 0 bridgehead atoms. The first-order chi connectivity index (χ1) is 16.1. The van der Waals surface area contributed by atoms with Crippen LogP contribution in [-0.2, 0) is 0 Å². The van der Waals surface area contributed by atoms with Crippen molar-refractivity contribution in [2.24, 2.45) is 0 Å².